The van der Waals surface area contributed by atoms with E-state index in [0.29, 0.717) is 18.2 Å². The fourth-order valence-electron chi connectivity index (χ4n) is 6.03. The van der Waals surface area contributed by atoms with Gasteiger partial charge in [-0.1, -0.05) is 12.1 Å². The summed E-state index contributed by atoms with van der Waals surface area (Å²) in [5.41, 5.74) is 1.68. The fourth-order valence-corrected chi connectivity index (χ4v) is 6.03. The lowest BCUT2D eigenvalue weighted by molar-refractivity contribution is -0.146. The molecule has 0 heterocycles. The van der Waals surface area contributed by atoms with Crippen LogP contribution in [0.15, 0.2) is 24.3 Å². The maximum atomic E-state index is 13.0. The van der Waals surface area contributed by atoms with Crippen LogP contribution in [-0.2, 0) is 11.3 Å². The number of carbonyl (C=O) groups is 2. The first kappa shape index (κ1) is 16.3. The molecule has 1 aromatic rings. The second kappa shape index (κ2) is 6.11. The second-order valence-corrected chi connectivity index (χ2v) is 9.33. The number of rotatable bonds is 5. The number of carbonyl (C=O) groups excluding carboxylic acids is 2. The van der Waals surface area contributed by atoms with Gasteiger partial charge in [0.05, 0.1) is 0 Å². The molecular formula is C22H28N2O2. The molecule has 0 aromatic heterocycles. The zero-order valence-electron chi connectivity index (χ0n) is 15.3. The minimum Gasteiger partial charge on any atom is -0.352 e. The first-order valence-corrected chi connectivity index (χ1v) is 10.3. The molecule has 4 heteroatoms. The molecular weight excluding hydrogens is 324 g/mol. The predicted molar refractivity (Wildman–Crippen MR) is 99.4 cm³/mol. The lowest BCUT2D eigenvalue weighted by atomic mass is 9.49. The average Bonchev–Trinajstić information content (AvgIpc) is 3.43. The molecule has 0 atom stereocenters. The molecule has 5 saturated carbocycles. The minimum absolute atomic E-state index is 0.0108. The van der Waals surface area contributed by atoms with E-state index >= 15 is 0 Å². The number of benzene rings is 1. The normalized spacial score (nSPS) is 34.5. The van der Waals surface area contributed by atoms with Crippen LogP contribution in [0.3, 0.4) is 0 Å². The smallest absolute Gasteiger partial charge is 0.251 e. The summed E-state index contributed by atoms with van der Waals surface area (Å²) < 4.78 is 0. The SMILES string of the molecule is O=C(NC1CC1)c1ccc(CNC(=O)C23CC4CC(CC(C4)C2)C3)cc1. The Bertz CT molecular complexity index is 685. The van der Waals surface area contributed by atoms with E-state index in [9.17, 15) is 9.59 Å². The zero-order valence-corrected chi connectivity index (χ0v) is 15.3. The highest BCUT2D eigenvalue weighted by atomic mass is 16.2. The molecule has 5 aliphatic carbocycles. The standard InChI is InChI=1S/C22H28N2O2/c25-20(24-19-5-6-19)18-3-1-14(2-4-18)13-23-21(26)22-10-15-7-16(11-22)9-17(8-15)12-22/h1-4,15-17,19H,5-13H2,(H,23,26)(H,24,25). The Kier molecular flexibility index (Phi) is 3.84. The first-order valence-electron chi connectivity index (χ1n) is 10.3. The monoisotopic (exact) mass is 352 g/mol. The highest BCUT2D eigenvalue weighted by molar-refractivity contribution is 5.94. The van der Waals surface area contributed by atoms with Crippen molar-refractivity contribution < 1.29 is 9.59 Å². The van der Waals surface area contributed by atoms with Crippen molar-refractivity contribution in [3.8, 4) is 0 Å². The Labute approximate surface area is 155 Å². The van der Waals surface area contributed by atoms with Gasteiger partial charge in [-0.25, -0.2) is 0 Å². The van der Waals surface area contributed by atoms with E-state index in [0.717, 1.165) is 55.4 Å². The molecule has 5 aliphatic rings. The van der Waals surface area contributed by atoms with Crippen LogP contribution in [-0.4, -0.2) is 17.9 Å². The van der Waals surface area contributed by atoms with Crippen LogP contribution in [0.25, 0.3) is 0 Å². The van der Waals surface area contributed by atoms with Crippen LogP contribution in [0.2, 0.25) is 0 Å². The topological polar surface area (TPSA) is 58.2 Å². The van der Waals surface area contributed by atoms with Gasteiger partial charge >= 0.3 is 0 Å². The Balaban J connectivity index is 1.19. The summed E-state index contributed by atoms with van der Waals surface area (Å²) in [4.78, 5) is 25.0. The third-order valence-electron chi connectivity index (χ3n) is 7.10. The van der Waals surface area contributed by atoms with E-state index in [-0.39, 0.29) is 17.2 Å². The van der Waals surface area contributed by atoms with Crippen molar-refractivity contribution in [2.24, 2.45) is 23.2 Å². The van der Waals surface area contributed by atoms with Crippen molar-refractivity contribution in [2.75, 3.05) is 0 Å². The van der Waals surface area contributed by atoms with Gasteiger partial charge < -0.3 is 10.6 Å². The van der Waals surface area contributed by atoms with Crippen molar-refractivity contribution >= 4 is 11.8 Å². The van der Waals surface area contributed by atoms with Crippen LogP contribution in [0.4, 0.5) is 0 Å². The van der Waals surface area contributed by atoms with E-state index in [2.05, 4.69) is 10.6 Å². The highest BCUT2D eigenvalue weighted by Crippen LogP contribution is 2.60. The van der Waals surface area contributed by atoms with E-state index < -0.39 is 0 Å². The first-order chi connectivity index (χ1) is 12.6. The van der Waals surface area contributed by atoms with Crippen molar-refractivity contribution in [3.63, 3.8) is 0 Å². The molecule has 4 nitrogen and oxygen atoms in total. The predicted octanol–water partition coefficient (Wildman–Crippen LogP) is 3.41. The summed E-state index contributed by atoms with van der Waals surface area (Å²) in [6.07, 6.45) is 9.58. The van der Waals surface area contributed by atoms with E-state index in [4.69, 9.17) is 0 Å². The molecule has 0 saturated heterocycles. The van der Waals surface area contributed by atoms with Gasteiger partial charge in [-0.3, -0.25) is 9.59 Å². The molecule has 2 N–H and O–H groups in total. The van der Waals surface area contributed by atoms with E-state index in [1.54, 1.807) is 0 Å². The average molecular weight is 352 g/mol. The minimum atomic E-state index is -0.0845. The molecule has 1 aromatic carbocycles. The third-order valence-corrected chi connectivity index (χ3v) is 7.10. The van der Waals surface area contributed by atoms with Crippen LogP contribution >= 0.6 is 0 Å². The fraction of sp³-hybridized carbons (Fsp3) is 0.636. The third kappa shape index (κ3) is 3.04. The molecule has 26 heavy (non-hydrogen) atoms. The quantitative estimate of drug-likeness (QED) is 0.853. The molecule has 0 unspecified atom stereocenters. The summed E-state index contributed by atoms with van der Waals surface area (Å²) in [6, 6.07) is 8.03. The molecule has 5 fully saturated rings. The number of amides is 2. The van der Waals surface area contributed by atoms with Crippen LogP contribution in [0, 0.1) is 23.2 Å². The van der Waals surface area contributed by atoms with Gasteiger partial charge in [-0.2, -0.15) is 0 Å². The maximum Gasteiger partial charge on any atom is 0.251 e. The van der Waals surface area contributed by atoms with Gasteiger partial charge in [-0.05, 0) is 86.8 Å². The summed E-state index contributed by atoms with van der Waals surface area (Å²) in [7, 11) is 0. The van der Waals surface area contributed by atoms with E-state index in [1.807, 2.05) is 24.3 Å². The molecule has 6 rings (SSSR count). The number of hydrogen-bond donors (Lipinski definition) is 2. The molecule has 0 aliphatic heterocycles. The summed E-state index contributed by atoms with van der Waals surface area (Å²) in [6.45, 7) is 0.561. The Hall–Kier alpha value is -1.84. The van der Waals surface area contributed by atoms with Gasteiger partial charge in [0.2, 0.25) is 5.91 Å². The van der Waals surface area contributed by atoms with Crippen molar-refractivity contribution in [1.29, 1.82) is 0 Å². The number of hydrogen-bond acceptors (Lipinski definition) is 2. The van der Waals surface area contributed by atoms with Crippen molar-refractivity contribution in [3.05, 3.63) is 35.4 Å². The largest absolute Gasteiger partial charge is 0.352 e. The number of nitrogens with one attached hydrogen (secondary N) is 2. The zero-order chi connectivity index (χ0) is 17.7. The highest BCUT2D eigenvalue weighted by Gasteiger charge is 2.54. The maximum absolute atomic E-state index is 13.0. The summed E-state index contributed by atoms with van der Waals surface area (Å²) >= 11 is 0. The van der Waals surface area contributed by atoms with E-state index in [1.165, 1.54) is 19.3 Å². The lowest BCUT2D eigenvalue weighted by Crippen LogP contribution is -2.53. The van der Waals surface area contributed by atoms with Gasteiger partial charge in [0.15, 0.2) is 0 Å². The van der Waals surface area contributed by atoms with Gasteiger partial charge in [0.25, 0.3) is 5.91 Å². The van der Waals surface area contributed by atoms with Crippen molar-refractivity contribution in [1.82, 2.24) is 10.6 Å². The summed E-state index contributed by atoms with van der Waals surface area (Å²) in [5.74, 6) is 2.65. The molecule has 0 spiro atoms. The van der Waals surface area contributed by atoms with Gasteiger partial charge in [-0.15, -0.1) is 0 Å². The van der Waals surface area contributed by atoms with Gasteiger partial charge in [0.1, 0.15) is 0 Å². The molecule has 0 radical (unpaired) electrons. The molecule has 4 bridgehead atoms. The Morgan fingerprint density at radius 2 is 1.50 bits per heavy atom. The lowest BCUT2D eigenvalue weighted by Gasteiger charge is -2.55. The van der Waals surface area contributed by atoms with Gasteiger partial charge in [0, 0.05) is 23.6 Å². The van der Waals surface area contributed by atoms with Crippen molar-refractivity contribution in [2.45, 2.75) is 64.0 Å². The second-order valence-electron chi connectivity index (χ2n) is 9.33. The molecule has 138 valence electrons. The molecule has 2 amide bonds. The Morgan fingerprint density at radius 1 is 0.923 bits per heavy atom. The van der Waals surface area contributed by atoms with Crippen LogP contribution in [0.1, 0.15) is 67.3 Å². The summed E-state index contributed by atoms with van der Waals surface area (Å²) in [5, 5.41) is 6.21. The van der Waals surface area contributed by atoms with Crippen LogP contribution in [0.5, 0.6) is 0 Å². The Morgan fingerprint density at radius 3 is 2.04 bits per heavy atom. The van der Waals surface area contributed by atoms with Crippen LogP contribution < -0.4 is 10.6 Å².